The Balaban J connectivity index is 1.24. The molecule has 5 nitrogen and oxygen atoms in total. The lowest BCUT2D eigenvalue weighted by atomic mass is 9.53. The van der Waals surface area contributed by atoms with Crippen LogP contribution in [-0.2, 0) is 0 Å². The highest BCUT2D eigenvalue weighted by atomic mass is 32.1. The number of pyridine rings is 1. The van der Waals surface area contributed by atoms with E-state index in [-0.39, 0.29) is 11.4 Å². The molecule has 152 valence electrons. The Hall–Kier alpha value is -1.82. The van der Waals surface area contributed by atoms with E-state index in [0.717, 1.165) is 41.1 Å². The molecule has 1 amide bonds. The highest BCUT2D eigenvalue weighted by Crippen LogP contribution is 2.56. The van der Waals surface area contributed by atoms with Crippen molar-refractivity contribution < 1.29 is 4.79 Å². The summed E-state index contributed by atoms with van der Waals surface area (Å²) in [5, 5.41) is 4.46. The smallest absolute Gasteiger partial charge is 0.264 e. The second-order valence-electron chi connectivity index (χ2n) is 10.5. The first kappa shape index (κ1) is 16.9. The van der Waals surface area contributed by atoms with Gasteiger partial charge in [-0.2, -0.15) is 0 Å². The van der Waals surface area contributed by atoms with Gasteiger partial charge >= 0.3 is 0 Å². The standard InChI is InChI=1S/C23H28N4OS/c24-18-16-8-17-19(15-1-3-27(17)4-2-15)25-22(16)29-20(18)21(28)26-23-9-12-5-13(10-23)7-14(6-12)11-23/h8,12-15H,1-7,9-11,24H2,(H,26,28). The van der Waals surface area contributed by atoms with Crippen LogP contribution in [-0.4, -0.2) is 29.5 Å². The summed E-state index contributed by atoms with van der Waals surface area (Å²) in [5.74, 6) is 3.07. The number of nitrogens with one attached hydrogen (secondary N) is 1. The summed E-state index contributed by atoms with van der Waals surface area (Å²) in [6, 6.07) is 2.20. The van der Waals surface area contributed by atoms with E-state index >= 15 is 0 Å². The Morgan fingerprint density at radius 3 is 2.45 bits per heavy atom. The Bertz CT molecular complexity index is 1000. The summed E-state index contributed by atoms with van der Waals surface area (Å²) >= 11 is 1.49. The molecule has 29 heavy (non-hydrogen) atoms. The maximum Gasteiger partial charge on any atom is 0.264 e. The number of nitrogens with zero attached hydrogens (tertiary/aromatic N) is 2. The molecule has 6 bridgehead atoms. The minimum atomic E-state index is 0.0198. The number of hydrogen-bond acceptors (Lipinski definition) is 5. The molecular formula is C23H28N4OS. The van der Waals surface area contributed by atoms with Crippen molar-refractivity contribution in [1.82, 2.24) is 10.3 Å². The van der Waals surface area contributed by atoms with Crippen LogP contribution in [0.25, 0.3) is 10.2 Å². The van der Waals surface area contributed by atoms with Crippen molar-refractivity contribution in [3.8, 4) is 0 Å². The Labute approximate surface area is 175 Å². The lowest BCUT2D eigenvalue weighted by molar-refractivity contribution is -0.0166. The SMILES string of the molecule is Nc1c(C(=O)NC23CC4CC(CC(C4)C2)C3)sc2nc3c(cc12)N1CCC3CC1. The molecule has 9 rings (SSSR count). The summed E-state index contributed by atoms with van der Waals surface area (Å²) in [4.78, 5) is 22.4. The van der Waals surface area contributed by atoms with Gasteiger partial charge in [0.25, 0.3) is 5.91 Å². The molecule has 3 aliphatic heterocycles. The van der Waals surface area contributed by atoms with Crippen molar-refractivity contribution >= 4 is 38.8 Å². The monoisotopic (exact) mass is 408 g/mol. The average Bonchev–Trinajstić information content (AvgIpc) is 3.02. The Morgan fingerprint density at radius 2 is 1.79 bits per heavy atom. The molecule has 4 saturated carbocycles. The van der Waals surface area contributed by atoms with Gasteiger partial charge in [0.2, 0.25) is 0 Å². The fourth-order valence-corrected chi connectivity index (χ4v) is 8.70. The van der Waals surface area contributed by atoms with Gasteiger partial charge in [-0.1, -0.05) is 0 Å². The van der Waals surface area contributed by atoms with Crippen LogP contribution in [0, 0.1) is 17.8 Å². The summed E-state index contributed by atoms with van der Waals surface area (Å²) in [6.07, 6.45) is 10.0. The second-order valence-corrected chi connectivity index (χ2v) is 11.5. The van der Waals surface area contributed by atoms with Crippen molar-refractivity contribution in [2.24, 2.45) is 17.8 Å². The molecule has 2 aromatic heterocycles. The van der Waals surface area contributed by atoms with Gasteiger partial charge in [0.1, 0.15) is 9.71 Å². The van der Waals surface area contributed by atoms with Gasteiger partial charge in [-0.25, -0.2) is 4.98 Å². The minimum absolute atomic E-state index is 0.0198. The first-order valence-electron chi connectivity index (χ1n) is 11.4. The fraction of sp³-hybridized carbons (Fsp3) is 0.652. The minimum Gasteiger partial charge on any atom is -0.397 e. The molecule has 5 heterocycles. The fourth-order valence-electron chi connectivity index (χ4n) is 7.72. The number of nitrogen functional groups attached to an aromatic ring is 1. The number of anilines is 2. The van der Waals surface area contributed by atoms with Crippen LogP contribution in [0.5, 0.6) is 0 Å². The molecule has 0 unspecified atom stereocenters. The molecule has 0 spiro atoms. The van der Waals surface area contributed by atoms with Crippen molar-refractivity contribution in [3.05, 3.63) is 16.6 Å². The predicted molar refractivity (Wildman–Crippen MR) is 117 cm³/mol. The normalized spacial score (nSPS) is 34.8. The average molecular weight is 409 g/mol. The van der Waals surface area contributed by atoms with Gasteiger partial charge in [0.05, 0.1) is 17.1 Å². The summed E-state index contributed by atoms with van der Waals surface area (Å²) in [6.45, 7) is 2.24. The van der Waals surface area contributed by atoms with Crippen LogP contribution in [0.2, 0.25) is 0 Å². The number of carbonyl (C=O) groups is 1. The molecule has 5 fully saturated rings. The lowest BCUT2D eigenvalue weighted by Gasteiger charge is -2.56. The van der Waals surface area contributed by atoms with E-state index in [1.807, 2.05) is 0 Å². The first-order chi connectivity index (χ1) is 14.1. The maximum atomic E-state index is 13.4. The van der Waals surface area contributed by atoms with Crippen LogP contribution in [0.3, 0.4) is 0 Å². The molecule has 4 aliphatic carbocycles. The number of nitrogens with two attached hydrogens (primary N) is 1. The van der Waals surface area contributed by atoms with Crippen LogP contribution < -0.4 is 16.0 Å². The number of amides is 1. The zero-order valence-corrected chi connectivity index (χ0v) is 17.6. The summed E-state index contributed by atoms with van der Waals surface area (Å²) < 4.78 is 0. The van der Waals surface area contributed by atoms with Crippen LogP contribution >= 0.6 is 11.3 Å². The van der Waals surface area contributed by atoms with Crippen molar-refractivity contribution in [1.29, 1.82) is 0 Å². The second kappa shape index (κ2) is 5.65. The molecule has 2 aromatic rings. The maximum absolute atomic E-state index is 13.4. The van der Waals surface area contributed by atoms with Crippen LogP contribution in [0.1, 0.15) is 72.7 Å². The molecule has 6 heteroatoms. The number of fused-ring (bicyclic) bond motifs is 3. The molecule has 0 radical (unpaired) electrons. The zero-order chi connectivity index (χ0) is 19.3. The lowest BCUT2D eigenvalue weighted by Crippen LogP contribution is -2.59. The van der Waals surface area contributed by atoms with Gasteiger partial charge < -0.3 is 16.0 Å². The highest BCUT2D eigenvalue weighted by molar-refractivity contribution is 7.21. The van der Waals surface area contributed by atoms with Gasteiger partial charge in [-0.3, -0.25) is 4.79 Å². The number of aromatic nitrogens is 1. The molecule has 7 aliphatic rings. The number of carbonyl (C=O) groups excluding carboxylic acids is 1. The third-order valence-corrected chi connectivity index (χ3v) is 9.69. The topological polar surface area (TPSA) is 71.2 Å². The van der Waals surface area contributed by atoms with E-state index in [1.54, 1.807) is 0 Å². The number of piperidine rings is 1. The van der Waals surface area contributed by atoms with E-state index < -0.39 is 0 Å². The molecule has 1 saturated heterocycles. The number of thiophene rings is 1. The molecular weight excluding hydrogens is 380 g/mol. The van der Waals surface area contributed by atoms with Gasteiger partial charge in [-0.05, 0) is 75.2 Å². The largest absolute Gasteiger partial charge is 0.397 e. The first-order valence-corrected chi connectivity index (χ1v) is 12.2. The molecule has 0 aromatic carbocycles. The van der Waals surface area contributed by atoms with E-state index in [4.69, 9.17) is 10.7 Å². The van der Waals surface area contributed by atoms with Gasteiger partial charge in [-0.15, -0.1) is 11.3 Å². The third kappa shape index (κ3) is 2.38. The van der Waals surface area contributed by atoms with E-state index in [9.17, 15) is 4.79 Å². The van der Waals surface area contributed by atoms with Crippen LogP contribution in [0.4, 0.5) is 11.4 Å². The molecule has 3 N–H and O–H groups in total. The third-order valence-electron chi connectivity index (χ3n) is 8.57. The Kier molecular flexibility index (Phi) is 3.30. The van der Waals surface area contributed by atoms with Crippen molar-refractivity contribution in [2.45, 2.75) is 62.8 Å². The predicted octanol–water partition coefficient (Wildman–Crippen LogP) is 4.27. The van der Waals surface area contributed by atoms with Crippen molar-refractivity contribution in [2.75, 3.05) is 23.7 Å². The van der Waals surface area contributed by atoms with Crippen LogP contribution in [0.15, 0.2) is 6.07 Å². The van der Waals surface area contributed by atoms with Gasteiger partial charge in [0.15, 0.2) is 0 Å². The van der Waals surface area contributed by atoms with Crippen molar-refractivity contribution in [3.63, 3.8) is 0 Å². The number of rotatable bonds is 2. The summed E-state index contributed by atoms with van der Waals surface area (Å²) in [5.41, 5.74) is 9.65. The van der Waals surface area contributed by atoms with Gasteiger partial charge in [0, 0.05) is 29.9 Å². The van der Waals surface area contributed by atoms with E-state index in [2.05, 4.69) is 16.3 Å². The van der Waals surface area contributed by atoms with E-state index in [0.29, 0.717) is 16.5 Å². The highest BCUT2D eigenvalue weighted by Gasteiger charge is 2.51. The number of hydrogen-bond donors (Lipinski definition) is 2. The quantitative estimate of drug-likeness (QED) is 0.778. The Morgan fingerprint density at radius 1 is 1.14 bits per heavy atom. The van der Waals surface area contributed by atoms with E-state index in [1.165, 1.54) is 74.1 Å². The summed E-state index contributed by atoms with van der Waals surface area (Å²) in [7, 11) is 0. The molecule has 0 atom stereocenters. The zero-order valence-electron chi connectivity index (χ0n) is 16.7.